The zero-order valence-electron chi connectivity index (χ0n) is 12.6. The van der Waals surface area contributed by atoms with Crippen LogP contribution in [0.4, 0.5) is 0 Å². The van der Waals surface area contributed by atoms with Crippen molar-refractivity contribution in [2.75, 3.05) is 18.6 Å². The summed E-state index contributed by atoms with van der Waals surface area (Å²) in [6.07, 6.45) is 6.15. The van der Waals surface area contributed by atoms with Crippen LogP contribution in [0.15, 0.2) is 23.1 Å². The van der Waals surface area contributed by atoms with Crippen molar-refractivity contribution in [2.45, 2.75) is 43.1 Å². The molecule has 1 aromatic carbocycles. The number of aliphatic hydroxyl groups is 1. The van der Waals surface area contributed by atoms with Crippen LogP contribution in [-0.4, -0.2) is 37.7 Å². The van der Waals surface area contributed by atoms with Crippen molar-refractivity contribution in [1.29, 1.82) is 0 Å². The van der Waals surface area contributed by atoms with Crippen LogP contribution in [-0.2, 0) is 22.9 Å². The van der Waals surface area contributed by atoms with Gasteiger partial charge in [0.05, 0.1) is 10.5 Å². The van der Waals surface area contributed by atoms with E-state index in [-0.39, 0.29) is 6.54 Å². The lowest BCUT2D eigenvalue weighted by atomic mass is 9.92. The van der Waals surface area contributed by atoms with Crippen LogP contribution in [0.1, 0.15) is 30.9 Å². The van der Waals surface area contributed by atoms with Gasteiger partial charge in [-0.25, -0.2) is 13.1 Å². The van der Waals surface area contributed by atoms with E-state index in [1.165, 1.54) is 23.7 Å². The predicted octanol–water partition coefficient (Wildman–Crippen LogP) is 1.96. The quantitative estimate of drug-likeness (QED) is 0.837. The Labute approximate surface area is 131 Å². The number of rotatable bonds is 6. The Morgan fingerprint density at radius 3 is 2.62 bits per heavy atom. The maximum absolute atomic E-state index is 12.3. The van der Waals surface area contributed by atoms with Crippen LogP contribution in [0.3, 0.4) is 0 Å². The summed E-state index contributed by atoms with van der Waals surface area (Å²) in [4.78, 5) is 0.295. The third-order valence-corrected chi connectivity index (χ3v) is 6.04. The maximum atomic E-state index is 12.3. The summed E-state index contributed by atoms with van der Waals surface area (Å²) in [7, 11) is -3.56. The number of nitrogens with one attached hydrogen (secondary N) is 1. The number of benzene rings is 1. The van der Waals surface area contributed by atoms with Crippen LogP contribution in [0, 0.1) is 0 Å². The minimum Gasteiger partial charge on any atom is -0.388 e. The number of thioether (sulfide) groups is 1. The fraction of sp³-hybridized carbons (Fsp3) is 0.600. The Morgan fingerprint density at radius 2 is 1.95 bits per heavy atom. The summed E-state index contributed by atoms with van der Waals surface area (Å²) in [6.45, 7) is 1.66. The zero-order valence-corrected chi connectivity index (χ0v) is 14.2. The van der Waals surface area contributed by atoms with E-state index >= 15 is 0 Å². The van der Waals surface area contributed by atoms with Gasteiger partial charge in [0.25, 0.3) is 0 Å². The molecular formula is C15H23NO3S2. The summed E-state index contributed by atoms with van der Waals surface area (Å²) >= 11 is 1.49. The maximum Gasteiger partial charge on any atom is 0.240 e. The highest BCUT2D eigenvalue weighted by atomic mass is 32.2. The van der Waals surface area contributed by atoms with Gasteiger partial charge in [-0.2, -0.15) is 11.8 Å². The molecule has 0 bridgehead atoms. The summed E-state index contributed by atoms with van der Waals surface area (Å²) in [5, 5.41) is 10.1. The normalized spacial score (nSPS) is 18.0. The van der Waals surface area contributed by atoms with Crippen molar-refractivity contribution in [3.8, 4) is 0 Å². The van der Waals surface area contributed by atoms with Crippen LogP contribution in [0.5, 0.6) is 0 Å². The van der Waals surface area contributed by atoms with E-state index in [1.54, 1.807) is 19.1 Å². The monoisotopic (exact) mass is 329 g/mol. The third kappa shape index (κ3) is 4.45. The number of aryl methyl sites for hydroxylation is 2. The first-order valence-electron chi connectivity index (χ1n) is 7.17. The van der Waals surface area contributed by atoms with E-state index in [1.807, 2.05) is 12.3 Å². The van der Waals surface area contributed by atoms with Crippen molar-refractivity contribution in [2.24, 2.45) is 0 Å². The van der Waals surface area contributed by atoms with Gasteiger partial charge in [-0.3, -0.25) is 0 Å². The molecular weight excluding hydrogens is 306 g/mol. The molecule has 1 aromatic rings. The predicted molar refractivity (Wildman–Crippen MR) is 87.3 cm³/mol. The minimum atomic E-state index is -3.56. The van der Waals surface area contributed by atoms with Gasteiger partial charge < -0.3 is 5.11 Å². The Bertz CT molecular complexity index is 597. The second-order valence-corrected chi connectivity index (χ2v) is 8.53. The number of hydrogen-bond acceptors (Lipinski definition) is 4. The van der Waals surface area contributed by atoms with E-state index in [9.17, 15) is 13.5 Å². The highest BCUT2D eigenvalue weighted by Gasteiger charge is 2.24. The van der Waals surface area contributed by atoms with Gasteiger partial charge in [0.1, 0.15) is 0 Å². The Hall–Kier alpha value is -0.560. The Balaban J connectivity index is 2.12. The average Bonchev–Trinajstić information content (AvgIpc) is 2.45. The van der Waals surface area contributed by atoms with E-state index in [0.717, 1.165) is 24.8 Å². The van der Waals surface area contributed by atoms with Crippen molar-refractivity contribution < 1.29 is 13.5 Å². The molecule has 0 aliphatic heterocycles. The smallest absolute Gasteiger partial charge is 0.240 e. The summed E-state index contributed by atoms with van der Waals surface area (Å²) in [5.41, 5.74) is 1.36. The second kappa shape index (κ2) is 6.69. The number of sulfonamides is 1. The molecule has 21 heavy (non-hydrogen) atoms. The fourth-order valence-electron chi connectivity index (χ4n) is 2.57. The largest absolute Gasteiger partial charge is 0.388 e. The van der Waals surface area contributed by atoms with Crippen molar-refractivity contribution >= 4 is 21.8 Å². The fourth-order valence-corrected chi connectivity index (χ4v) is 4.51. The van der Waals surface area contributed by atoms with E-state index in [0.29, 0.717) is 10.6 Å². The highest BCUT2D eigenvalue weighted by Crippen LogP contribution is 2.24. The Kier molecular flexibility index (Phi) is 5.35. The number of fused-ring (bicyclic) bond motifs is 1. The molecule has 0 spiro atoms. The molecule has 0 saturated carbocycles. The van der Waals surface area contributed by atoms with Crippen LogP contribution >= 0.6 is 11.8 Å². The molecule has 0 saturated heterocycles. The molecule has 1 atom stereocenters. The van der Waals surface area contributed by atoms with Gasteiger partial charge >= 0.3 is 0 Å². The lowest BCUT2D eigenvalue weighted by Crippen LogP contribution is -2.42. The summed E-state index contributed by atoms with van der Waals surface area (Å²) < 4.78 is 27.2. The molecule has 6 heteroatoms. The topological polar surface area (TPSA) is 66.4 Å². The molecule has 1 aliphatic rings. The van der Waals surface area contributed by atoms with Crippen LogP contribution in [0.25, 0.3) is 0 Å². The number of hydrogen-bond donors (Lipinski definition) is 2. The molecule has 2 N–H and O–H groups in total. The molecule has 0 amide bonds. The SMILES string of the molecule is CSCC(C)(O)CNS(=O)(=O)c1ccc2c(c1)CCCC2. The van der Waals surface area contributed by atoms with E-state index < -0.39 is 15.6 Å². The molecule has 1 unspecified atom stereocenters. The Morgan fingerprint density at radius 1 is 1.29 bits per heavy atom. The third-order valence-electron chi connectivity index (χ3n) is 3.73. The summed E-state index contributed by atoms with van der Waals surface area (Å²) in [5.74, 6) is 0.486. The first-order valence-corrected chi connectivity index (χ1v) is 10.0. The molecule has 0 fully saturated rings. The minimum absolute atomic E-state index is 0.0211. The standard InChI is InChI=1S/C15H23NO3S2/c1-15(17,11-20-2)10-16-21(18,19)14-8-7-12-5-3-4-6-13(12)9-14/h7-9,16-17H,3-6,10-11H2,1-2H3. The molecule has 0 radical (unpaired) electrons. The average molecular weight is 329 g/mol. The molecule has 0 heterocycles. The molecule has 2 rings (SSSR count). The molecule has 4 nitrogen and oxygen atoms in total. The first-order chi connectivity index (χ1) is 9.84. The van der Waals surface area contributed by atoms with Gasteiger partial charge in [-0.15, -0.1) is 0 Å². The second-order valence-electron chi connectivity index (χ2n) is 5.89. The molecule has 118 valence electrons. The van der Waals surface area contributed by atoms with E-state index in [4.69, 9.17) is 0 Å². The van der Waals surface area contributed by atoms with Crippen molar-refractivity contribution in [1.82, 2.24) is 4.72 Å². The van der Waals surface area contributed by atoms with Crippen LogP contribution in [0.2, 0.25) is 0 Å². The van der Waals surface area contributed by atoms with Gasteiger partial charge in [-0.05, 0) is 62.1 Å². The highest BCUT2D eigenvalue weighted by molar-refractivity contribution is 7.98. The van der Waals surface area contributed by atoms with Gasteiger partial charge in [0.2, 0.25) is 10.0 Å². The van der Waals surface area contributed by atoms with Crippen LogP contribution < -0.4 is 4.72 Å². The van der Waals surface area contributed by atoms with Gasteiger partial charge in [0.15, 0.2) is 0 Å². The van der Waals surface area contributed by atoms with Gasteiger partial charge in [0, 0.05) is 12.3 Å². The van der Waals surface area contributed by atoms with E-state index in [2.05, 4.69) is 4.72 Å². The van der Waals surface area contributed by atoms with Crippen molar-refractivity contribution in [3.63, 3.8) is 0 Å². The molecule has 1 aliphatic carbocycles. The van der Waals surface area contributed by atoms with Gasteiger partial charge in [-0.1, -0.05) is 6.07 Å². The molecule has 0 aromatic heterocycles. The van der Waals surface area contributed by atoms with Crippen molar-refractivity contribution in [3.05, 3.63) is 29.3 Å². The lowest BCUT2D eigenvalue weighted by Gasteiger charge is -2.23. The first kappa shape index (κ1) is 16.8. The lowest BCUT2D eigenvalue weighted by molar-refractivity contribution is 0.0908. The summed E-state index contributed by atoms with van der Waals surface area (Å²) in [6, 6.07) is 5.36. The zero-order chi connectivity index (χ0) is 15.5.